The minimum atomic E-state index is -0.443. The van der Waals surface area contributed by atoms with Gasteiger partial charge >= 0.3 is 5.97 Å². The molecule has 2 aromatic rings. The quantitative estimate of drug-likeness (QED) is 0.827. The molecule has 2 rings (SSSR count). The molecule has 1 N–H and O–H groups in total. The van der Waals surface area contributed by atoms with Crippen LogP contribution in [-0.2, 0) is 22.5 Å². The summed E-state index contributed by atoms with van der Waals surface area (Å²) in [7, 11) is 1.42. The maximum absolute atomic E-state index is 12.0. The molecule has 2 aromatic carbocycles. The zero-order valence-corrected chi connectivity index (χ0v) is 12.5. The minimum Gasteiger partial charge on any atom is -0.468 e. The standard InChI is InChI=1S/C18H21NO2/c1-3-14-9-7-8-12-16(14)13-19-17(18(20)21-2)15-10-5-4-6-11-15/h4-12,17,19H,3,13H2,1-2H3. The van der Waals surface area contributed by atoms with Gasteiger partial charge in [0.25, 0.3) is 0 Å². The van der Waals surface area contributed by atoms with E-state index in [4.69, 9.17) is 4.74 Å². The third-order valence-electron chi connectivity index (χ3n) is 3.57. The number of esters is 1. The first-order chi connectivity index (χ1) is 10.3. The van der Waals surface area contributed by atoms with Gasteiger partial charge < -0.3 is 4.74 Å². The van der Waals surface area contributed by atoms with E-state index in [1.54, 1.807) is 0 Å². The summed E-state index contributed by atoms with van der Waals surface area (Å²) in [5, 5.41) is 3.30. The first kappa shape index (κ1) is 15.3. The smallest absolute Gasteiger partial charge is 0.327 e. The van der Waals surface area contributed by atoms with Crippen LogP contribution >= 0.6 is 0 Å². The molecule has 0 aromatic heterocycles. The number of ether oxygens (including phenoxy) is 1. The Hall–Kier alpha value is -2.13. The number of carbonyl (C=O) groups excluding carboxylic acids is 1. The maximum atomic E-state index is 12.0. The van der Waals surface area contributed by atoms with E-state index in [1.807, 2.05) is 42.5 Å². The van der Waals surface area contributed by atoms with Crippen molar-refractivity contribution in [3.63, 3.8) is 0 Å². The molecule has 110 valence electrons. The summed E-state index contributed by atoms with van der Waals surface area (Å²) < 4.78 is 4.91. The fourth-order valence-electron chi connectivity index (χ4n) is 2.39. The molecular formula is C18H21NO2. The highest BCUT2D eigenvalue weighted by atomic mass is 16.5. The van der Waals surface area contributed by atoms with Crippen LogP contribution in [0, 0.1) is 0 Å². The Morgan fingerprint density at radius 3 is 2.29 bits per heavy atom. The van der Waals surface area contributed by atoms with Gasteiger partial charge in [0.1, 0.15) is 6.04 Å². The molecule has 3 nitrogen and oxygen atoms in total. The average molecular weight is 283 g/mol. The van der Waals surface area contributed by atoms with Gasteiger partial charge in [0, 0.05) is 6.54 Å². The van der Waals surface area contributed by atoms with Gasteiger partial charge in [-0.1, -0.05) is 61.5 Å². The lowest BCUT2D eigenvalue weighted by atomic mass is 10.0. The van der Waals surface area contributed by atoms with Crippen molar-refractivity contribution in [3.05, 3.63) is 71.3 Å². The first-order valence-electron chi connectivity index (χ1n) is 7.19. The molecule has 0 radical (unpaired) electrons. The second-order valence-electron chi connectivity index (χ2n) is 4.87. The fraction of sp³-hybridized carbons (Fsp3) is 0.278. The number of rotatable bonds is 6. The first-order valence-corrected chi connectivity index (χ1v) is 7.19. The monoisotopic (exact) mass is 283 g/mol. The second-order valence-corrected chi connectivity index (χ2v) is 4.87. The lowest BCUT2D eigenvalue weighted by Gasteiger charge is -2.18. The van der Waals surface area contributed by atoms with E-state index in [0.29, 0.717) is 6.54 Å². The predicted octanol–water partition coefficient (Wildman–Crippen LogP) is 3.25. The number of carbonyl (C=O) groups is 1. The average Bonchev–Trinajstić information content (AvgIpc) is 2.56. The van der Waals surface area contributed by atoms with Crippen molar-refractivity contribution in [2.75, 3.05) is 7.11 Å². The number of benzene rings is 2. The van der Waals surface area contributed by atoms with Gasteiger partial charge in [-0.25, -0.2) is 4.79 Å². The molecule has 0 spiro atoms. The molecule has 0 aliphatic carbocycles. The number of methoxy groups -OCH3 is 1. The van der Waals surface area contributed by atoms with Crippen LogP contribution in [0.25, 0.3) is 0 Å². The Morgan fingerprint density at radius 2 is 1.67 bits per heavy atom. The predicted molar refractivity (Wildman–Crippen MR) is 83.9 cm³/mol. The highest BCUT2D eigenvalue weighted by molar-refractivity contribution is 5.77. The molecule has 1 atom stereocenters. The molecule has 0 fully saturated rings. The molecule has 0 bridgehead atoms. The van der Waals surface area contributed by atoms with Gasteiger partial charge in [-0.3, -0.25) is 5.32 Å². The SMILES string of the molecule is CCc1ccccc1CNC(C(=O)OC)c1ccccc1. The Labute approximate surface area is 126 Å². The van der Waals surface area contributed by atoms with Crippen molar-refractivity contribution in [1.29, 1.82) is 0 Å². The fourth-order valence-corrected chi connectivity index (χ4v) is 2.39. The van der Waals surface area contributed by atoms with E-state index in [9.17, 15) is 4.79 Å². The molecule has 0 aliphatic heterocycles. The Bertz CT molecular complexity index is 581. The van der Waals surface area contributed by atoms with E-state index in [1.165, 1.54) is 18.2 Å². The van der Waals surface area contributed by atoms with E-state index in [0.717, 1.165) is 12.0 Å². The van der Waals surface area contributed by atoms with Crippen LogP contribution in [0.2, 0.25) is 0 Å². The van der Waals surface area contributed by atoms with Crippen LogP contribution in [0.1, 0.15) is 29.7 Å². The summed E-state index contributed by atoms with van der Waals surface area (Å²) in [6.07, 6.45) is 0.978. The van der Waals surface area contributed by atoms with E-state index < -0.39 is 6.04 Å². The van der Waals surface area contributed by atoms with Gasteiger partial charge in [-0.2, -0.15) is 0 Å². The number of aryl methyl sites for hydroxylation is 1. The third-order valence-corrected chi connectivity index (χ3v) is 3.57. The maximum Gasteiger partial charge on any atom is 0.327 e. The summed E-state index contributed by atoms with van der Waals surface area (Å²) in [5.41, 5.74) is 3.42. The zero-order chi connectivity index (χ0) is 15.1. The van der Waals surface area contributed by atoms with Crippen LogP contribution in [-0.4, -0.2) is 13.1 Å². The highest BCUT2D eigenvalue weighted by Crippen LogP contribution is 2.16. The van der Waals surface area contributed by atoms with Crippen LogP contribution in [0.3, 0.4) is 0 Å². The zero-order valence-electron chi connectivity index (χ0n) is 12.5. The van der Waals surface area contributed by atoms with Crippen molar-refractivity contribution in [1.82, 2.24) is 5.32 Å². The van der Waals surface area contributed by atoms with Crippen LogP contribution in [0.15, 0.2) is 54.6 Å². The van der Waals surface area contributed by atoms with Crippen molar-refractivity contribution < 1.29 is 9.53 Å². The van der Waals surface area contributed by atoms with Gasteiger partial charge in [-0.05, 0) is 23.1 Å². The summed E-state index contributed by atoms with van der Waals surface area (Å²) in [4.78, 5) is 12.0. The van der Waals surface area contributed by atoms with Crippen LogP contribution in [0.5, 0.6) is 0 Å². The summed E-state index contributed by atoms with van der Waals surface area (Å²) in [5.74, 6) is -0.268. The highest BCUT2D eigenvalue weighted by Gasteiger charge is 2.20. The lowest BCUT2D eigenvalue weighted by molar-refractivity contribution is -0.143. The van der Waals surface area contributed by atoms with Crippen molar-refractivity contribution in [3.8, 4) is 0 Å². The molecular weight excluding hydrogens is 262 g/mol. The number of hydrogen-bond acceptors (Lipinski definition) is 3. The van der Waals surface area contributed by atoms with Crippen LogP contribution < -0.4 is 5.32 Å². The van der Waals surface area contributed by atoms with Gasteiger partial charge in [0.15, 0.2) is 0 Å². The molecule has 0 saturated carbocycles. The normalized spacial score (nSPS) is 11.9. The van der Waals surface area contributed by atoms with Crippen molar-refractivity contribution in [2.45, 2.75) is 25.9 Å². The number of hydrogen-bond donors (Lipinski definition) is 1. The molecule has 3 heteroatoms. The Kier molecular flexibility index (Phi) is 5.52. The van der Waals surface area contributed by atoms with Crippen LogP contribution in [0.4, 0.5) is 0 Å². The molecule has 21 heavy (non-hydrogen) atoms. The van der Waals surface area contributed by atoms with Crippen molar-refractivity contribution >= 4 is 5.97 Å². The summed E-state index contributed by atoms with van der Waals surface area (Å²) in [6, 6.07) is 17.5. The van der Waals surface area contributed by atoms with E-state index >= 15 is 0 Å². The molecule has 1 unspecified atom stereocenters. The van der Waals surface area contributed by atoms with E-state index in [-0.39, 0.29) is 5.97 Å². The van der Waals surface area contributed by atoms with E-state index in [2.05, 4.69) is 24.4 Å². The number of nitrogens with one attached hydrogen (secondary N) is 1. The summed E-state index contributed by atoms with van der Waals surface area (Å²) in [6.45, 7) is 2.77. The van der Waals surface area contributed by atoms with Gasteiger partial charge in [-0.15, -0.1) is 0 Å². The third kappa shape index (κ3) is 3.92. The molecule has 0 saturated heterocycles. The topological polar surface area (TPSA) is 38.3 Å². The summed E-state index contributed by atoms with van der Waals surface area (Å²) >= 11 is 0. The largest absolute Gasteiger partial charge is 0.468 e. The Balaban J connectivity index is 2.15. The lowest BCUT2D eigenvalue weighted by Crippen LogP contribution is -2.29. The Morgan fingerprint density at radius 1 is 1.05 bits per heavy atom. The molecule has 0 amide bonds. The van der Waals surface area contributed by atoms with Gasteiger partial charge in [0.05, 0.1) is 7.11 Å². The van der Waals surface area contributed by atoms with Crippen molar-refractivity contribution in [2.24, 2.45) is 0 Å². The molecule has 0 heterocycles. The molecule has 0 aliphatic rings. The van der Waals surface area contributed by atoms with Gasteiger partial charge in [0.2, 0.25) is 0 Å². The second kappa shape index (κ2) is 7.60. The minimum absolute atomic E-state index is 0.268.